The molecule has 2 rings (SSSR count). The monoisotopic (exact) mass is 358 g/mol. The summed E-state index contributed by atoms with van der Waals surface area (Å²) in [5.41, 5.74) is 7.99. The van der Waals surface area contributed by atoms with Crippen molar-refractivity contribution in [1.82, 2.24) is 5.32 Å². The van der Waals surface area contributed by atoms with Crippen LogP contribution >= 0.6 is 11.6 Å². The fourth-order valence-corrected chi connectivity index (χ4v) is 2.71. The van der Waals surface area contributed by atoms with Crippen molar-refractivity contribution >= 4 is 23.6 Å². The first-order valence-corrected chi connectivity index (χ1v) is 8.55. The summed E-state index contributed by atoms with van der Waals surface area (Å²) in [6, 6.07) is 15.4. The van der Waals surface area contributed by atoms with E-state index in [1.807, 2.05) is 36.4 Å². The Hall–Kier alpha value is -2.14. The summed E-state index contributed by atoms with van der Waals surface area (Å²) < 4.78 is 0. The number of hydrogen-bond donors (Lipinski definition) is 3. The van der Waals surface area contributed by atoms with Crippen LogP contribution in [0.15, 0.2) is 54.6 Å². The maximum atomic E-state index is 10.7. The molecule has 0 aliphatic rings. The van der Waals surface area contributed by atoms with Crippen LogP contribution in [0.25, 0.3) is 6.08 Å². The topological polar surface area (TPSA) is 75.4 Å². The molecular formula is C20H23ClN2O2. The van der Waals surface area contributed by atoms with E-state index in [4.69, 9.17) is 17.3 Å². The quantitative estimate of drug-likeness (QED) is 0.635. The Bertz CT molecular complexity index is 729. The fraction of sp³-hybridized carbons (Fsp3) is 0.250. The lowest BCUT2D eigenvalue weighted by Crippen LogP contribution is -2.32. The fourth-order valence-electron chi connectivity index (χ4n) is 2.51. The SMILES string of the molecule is CC(Cc1ccc(/C=C/C(N)=O)cc1)NCC(O)c1cccc(Cl)c1. The lowest BCUT2D eigenvalue weighted by atomic mass is 10.0. The van der Waals surface area contributed by atoms with Gasteiger partial charge in [-0.15, -0.1) is 0 Å². The Labute approximate surface area is 153 Å². The summed E-state index contributed by atoms with van der Waals surface area (Å²) in [4.78, 5) is 10.7. The number of aliphatic hydroxyl groups excluding tert-OH is 1. The Morgan fingerprint density at radius 1 is 1.28 bits per heavy atom. The van der Waals surface area contributed by atoms with Gasteiger partial charge in [0.25, 0.3) is 0 Å². The molecule has 25 heavy (non-hydrogen) atoms. The van der Waals surface area contributed by atoms with Gasteiger partial charge in [-0.3, -0.25) is 4.79 Å². The van der Waals surface area contributed by atoms with Crippen LogP contribution in [0.4, 0.5) is 0 Å². The highest BCUT2D eigenvalue weighted by atomic mass is 35.5. The van der Waals surface area contributed by atoms with Crippen molar-refractivity contribution in [3.8, 4) is 0 Å². The Morgan fingerprint density at radius 3 is 2.64 bits per heavy atom. The van der Waals surface area contributed by atoms with Crippen LogP contribution in [0.5, 0.6) is 0 Å². The molecule has 0 saturated carbocycles. The standard InChI is InChI=1S/C20H23ClN2O2/c1-14(23-13-19(24)17-3-2-4-18(21)12-17)11-16-7-5-15(6-8-16)9-10-20(22)25/h2-10,12,14,19,23-24H,11,13H2,1H3,(H2,22,25)/b10-9+. The summed E-state index contributed by atoms with van der Waals surface area (Å²) in [7, 11) is 0. The molecule has 2 unspecified atom stereocenters. The zero-order valence-electron chi connectivity index (χ0n) is 14.2. The second-order valence-electron chi connectivity index (χ2n) is 6.06. The molecule has 0 fully saturated rings. The van der Waals surface area contributed by atoms with Crippen molar-refractivity contribution < 1.29 is 9.90 Å². The number of hydrogen-bond acceptors (Lipinski definition) is 3. The zero-order valence-corrected chi connectivity index (χ0v) is 14.9. The number of carbonyl (C=O) groups is 1. The van der Waals surface area contributed by atoms with Crippen LogP contribution in [0, 0.1) is 0 Å². The van der Waals surface area contributed by atoms with E-state index >= 15 is 0 Å². The van der Waals surface area contributed by atoms with E-state index in [-0.39, 0.29) is 6.04 Å². The van der Waals surface area contributed by atoms with Gasteiger partial charge in [-0.2, -0.15) is 0 Å². The molecule has 4 N–H and O–H groups in total. The van der Waals surface area contributed by atoms with Gasteiger partial charge in [-0.05, 0) is 48.2 Å². The molecule has 132 valence electrons. The molecule has 1 amide bonds. The number of rotatable bonds is 8. The van der Waals surface area contributed by atoms with Crippen molar-refractivity contribution in [3.05, 3.63) is 76.3 Å². The molecule has 0 aromatic heterocycles. The van der Waals surface area contributed by atoms with Gasteiger partial charge in [0.15, 0.2) is 0 Å². The summed E-state index contributed by atoms with van der Waals surface area (Å²) in [5, 5.41) is 14.2. The molecule has 0 radical (unpaired) electrons. The number of nitrogens with two attached hydrogens (primary N) is 1. The van der Waals surface area contributed by atoms with Crippen molar-refractivity contribution in [2.45, 2.75) is 25.5 Å². The van der Waals surface area contributed by atoms with Gasteiger partial charge in [0.2, 0.25) is 5.91 Å². The number of halogens is 1. The molecule has 0 bridgehead atoms. The predicted molar refractivity (Wildman–Crippen MR) is 102 cm³/mol. The minimum atomic E-state index is -0.595. The second-order valence-corrected chi connectivity index (χ2v) is 6.50. The van der Waals surface area contributed by atoms with E-state index < -0.39 is 12.0 Å². The zero-order chi connectivity index (χ0) is 18.2. The van der Waals surface area contributed by atoms with E-state index in [9.17, 15) is 9.90 Å². The van der Waals surface area contributed by atoms with Gasteiger partial charge >= 0.3 is 0 Å². The van der Waals surface area contributed by atoms with Crippen LogP contribution in [-0.2, 0) is 11.2 Å². The first-order chi connectivity index (χ1) is 11.9. The Balaban J connectivity index is 1.83. The van der Waals surface area contributed by atoms with Crippen LogP contribution < -0.4 is 11.1 Å². The van der Waals surface area contributed by atoms with E-state index in [2.05, 4.69) is 12.2 Å². The molecule has 2 aromatic carbocycles. The average molecular weight is 359 g/mol. The third kappa shape index (κ3) is 6.70. The first kappa shape index (κ1) is 19.2. The van der Waals surface area contributed by atoms with Gasteiger partial charge in [-0.1, -0.05) is 48.0 Å². The molecule has 0 spiro atoms. The third-order valence-corrected chi connectivity index (χ3v) is 4.09. The van der Waals surface area contributed by atoms with Crippen molar-refractivity contribution in [1.29, 1.82) is 0 Å². The summed E-state index contributed by atoms with van der Waals surface area (Å²) in [6.45, 7) is 2.53. The van der Waals surface area contributed by atoms with Gasteiger partial charge in [0.1, 0.15) is 0 Å². The van der Waals surface area contributed by atoms with Gasteiger partial charge in [-0.25, -0.2) is 0 Å². The predicted octanol–water partition coefficient (Wildman–Crippen LogP) is 3.09. The summed E-state index contributed by atoms with van der Waals surface area (Å²) in [5.74, 6) is -0.458. The van der Waals surface area contributed by atoms with Gasteiger partial charge in [0, 0.05) is 23.7 Å². The minimum absolute atomic E-state index is 0.209. The number of primary amides is 1. The molecule has 2 atom stereocenters. The molecule has 4 nitrogen and oxygen atoms in total. The molecular weight excluding hydrogens is 336 g/mol. The molecule has 0 aliphatic heterocycles. The number of nitrogens with one attached hydrogen (secondary N) is 1. The van der Waals surface area contributed by atoms with Gasteiger partial charge < -0.3 is 16.2 Å². The lowest BCUT2D eigenvalue weighted by Gasteiger charge is -2.18. The number of carbonyl (C=O) groups excluding carboxylic acids is 1. The molecule has 0 aliphatic carbocycles. The molecule has 0 saturated heterocycles. The lowest BCUT2D eigenvalue weighted by molar-refractivity contribution is -0.113. The smallest absolute Gasteiger partial charge is 0.241 e. The third-order valence-electron chi connectivity index (χ3n) is 3.85. The molecule has 0 heterocycles. The van der Waals surface area contributed by atoms with Crippen LogP contribution in [-0.4, -0.2) is 23.6 Å². The number of amides is 1. The first-order valence-electron chi connectivity index (χ1n) is 8.17. The van der Waals surface area contributed by atoms with Gasteiger partial charge in [0.05, 0.1) is 6.10 Å². The van der Waals surface area contributed by atoms with E-state index in [0.717, 1.165) is 17.5 Å². The van der Waals surface area contributed by atoms with Crippen LogP contribution in [0.1, 0.15) is 29.7 Å². The summed E-state index contributed by atoms with van der Waals surface area (Å²) in [6.07, 6.45) is 3.27. The average Bonchev–Trinajstić information content (AvgIpc) is 2.59. The Morgan fingerprint density at radius 2 is 2.00 bits per heavy atom. The number of benzene rings is 2. The molecule has 5 heteroatoms. The van der Waals surface area contributed by atoms with Crippen molar-refractivity contribution in [2.75, 3.05) is 6.54 Å². The highest BCUT2D eigenvalue weighted by molar-refractivity contribution is 6.30. The van der Waals surface area contributed by atoms with E-state index in [1.165, 1.54) is 11.6 Å². The second kappa shape index (κ2) is 9.37. The van der Waals surface area contributed by atoms with Crippen LogP contribution in [0.3, 0.4) is 0 Å². The largest absolute Gasteiger partial charge is 0.387 e. The highest BCUT2D eigenvalue weighted by Crippen LogP contribution is 2.17. The minimum Gasteiger partial charge on any atom is -0.387 e. The highest BCUT2D eigenvalue weighted by Gasteiger charge is 2.10. The summed E-state index contributed by atoms with van der Waals surface area (Å²) >= 11 is 5.95. The van der Waals surface area contributed by atoms with Crippen molar-refractivity contribution in [3.63, 3.8) is 0 Å². The maximum absolute atomic E-state index is 10.7. The Kier molecular flexibility index (Phi) is 7.19. The molecule has 2 aromatic rings. The van der Waals surface area contributed by atoms with Crippen molar-refractivity contribution in [2.24, 2.45) is 5.73 Å². The van der Waals surface area contributed by atoms with E-state index in [0.29, 0.717) is 11.6 Å². The van der Waals surface area contributed by atoms with E-state index in [1.54, 1.807) is 18.2 Å². The number of aliphatic hydroxyl groups is 1. The maximum Gasteiger partial charge on any atom is 0.241 e. The van der Waals surface area contributed by atoms with Crippen LogP contribution in [0.2, 0.25) is 5.02 Å². The normalized spacial score (nSPS) is 13.7.